The Kier molecular flexibility index (Phi) is 13.4. The summed E-state index contributed by atoms with van der Waals surface area (Å²) < 4.78 is 24.7. The van der Waals surface area contributed by atoms with Gasteiger partial charge in [0.1, 0.15) is 15.7 Å². The Morgan fingerprint density at radius 1 is 1.29 bits per heavy atom. The quantitative estimate of drug-likeness (QED) is 0.144. The maximum atomic E-state index is 11.3. The number of thioether (sulfide) groups is 1. The van der Waals surface area contributed by atoms with Crippen LogP contribution >= 0.6 is 35.7 Å². The number of hydrogen-bond acceptors (Lipinski definition) is 6. The average Bonchev–Trinajstić information content (AvgIpc) is 2.96. The summed E-state index contributed by atoms with van der Waals surface area (Å²) in [5.74, 6) is 2.41. The molecule has 0 saturated carbocycles. The molecule has 0 spiro atoms. The van der Waals surface area contributed by atoms with Gasteiger partial charge in [-0.1, -0.05) is 25.6 Å². The van der Waals surface area contributed by atoms with E-state index in [-0.39, 0.29) is 35.8 Å². The monoisotopic (exact) mass is 546 g/mol. The number of nitrogens with zero attached hydrogens (tertiary/aromatic N) is 4. The molecule has 0 amide bonds. The molecule has 0 radical (unpaired) electrons. The lowest BCUT2D eigenvalue weighted by atomic mass is 10.2. The third-order valence-corrected chi connectivity index (χ3v) is 5.57. The van der Waals surface area contributed by atoms with E-state index in [1.807, 2.05) is 13.2 Å². The van der Waals surface area contributed by atoms with Crippen LogP contribution in [0.1, 0.15) is 39.4 Å². The first-order chi connectivity index (χ1) is 12.7. The van der Waals surface area contributed by atoms with Gasteiger partial charge in [0, 0.05) is 38.9 Å². The number of aryl methyl sites for hydroxylation is 1. The van der Waals surface area contributed by atoms with Gasteiger partial charge in [-0.05, 0) is 31.9 Å². The number of aromatic nitrogens is 3. The van der Waals surface area contributed by atoms with E-state index in [1.54, 1.807) is 18.8 Å². The fourth-order valence-electron chi connectivity index (χ4n) is 2.55. The zero-order chi connectivity index (χ0) is 20.4. The van der Waals surface area contributed by atoms with Gasteiger partial charge in [-0.3, -0.25) is 4.99 Å². The van der Waals surface area contributed by atoms with E-state index in [4.69, 9.17) is 0 Å². The average molecular weight is 547 g/mol. The Morgan fingerprint density at radius 3 is 2.50 bits per heavy atom. The van der Waals surface area contributed by atoms with Crippen LogP contribution in [0.3, 0.4) is 0 Å². The van der Waals surface area contributed by atoms with Gasteiger partial charge in [0.25, 0.3) is 0 Å². The van der Waals surface area contributed by atoms with E-state index in [2.05, 4.69) is 44.2 Å². The van der Waals surface area contributed by atoms with E-state index < -0.39 is 9.84 Å². The Balaban J connectivity index is 0.00000729. The number of guanidine groups is 1. The van der Waals surface area contributed by atoms with Crippen molar-refractivity contribution in [2.45, 2.75) is 57.8 Å². The minimum Gasteiger partial charge on any atom is -0.356 e. The van der Waals surface area contributed by atoms with Crippen molar-refractivity contribution in [1.29, 1.82) is 0 Å². The van der Waals surface area contributed by atoms with Crippen LogP contribution in [0.5, 0.6) is 0 Å². The van der Waals surface area contributed by atoms with E-state index in [1.165, 1.54) is 6.26 Å². The van der Waals surface area contributed by atoms with Crippen molar-refractivity contribution in [3.63, 3.8) is 0 Å². The zero-order valence-electron chi connectivity index (χ0n) is 17.7. The smallest absolute Gasteiger partial charge is 0.191 e. The molecule has 11 heteroatoms. The van der Waals surface area contributed by atoms with Crippen molar-refractivity contribution in [3.05, 3.63) is 5.82 Å². The summed E-state index contributed by atoms with van der Waals surface area (Å²) >= 11 is 1.62. The zero-order valence-corrected chi connectivity index (χ0v) is 21.7. The van der Waals surface area contributed by atoms with Gasteiger partial charge in [0.15, 0.2) is 11.1 Å². The molecule has 0 aliphatic rings. The minimum atomic E-state index is -2.94. The molecule has 1 heterocycles. The standard InChI is InChI=1S/C17H34N6O2S2.HI/c1-13(2)12-23-15(21-22-17(23)26-5)8-7-10-19-16(18-4)20-14(3)9-11-27(6,24)25;/h13-14H,7-12H2,1-6H3,(H2,18,19,20);1H. The Labute approximate surface area is 191 Å². The predicted molar refractivity (Wildman–Crippen MR) is 129 cm³/mol. The number of aliphatic imine (C=N–C) groups is 1. The van der Waals surface area contributed by atoms with Crippen LogP contribution in [-0.4, -0.2) is 67.0 Å². The largest absolute Gasteiger partial charge is 0.356 e. The van der Waals surface area contributed by atoms with Gasteiger partial charge in [-0.15, -0.1) is 34.2 Å². The molecule has 1 rings (SSSR count). The molecule has 28 heavy (non-hydrogen) atoms. The number of halogens is 1. The number of nitrogens with one attached hydrogen (secondary N) is 2. The molecule has 0 aliphatic carbocycles. The third-order valence-electron chi connectivity index (χ3n) is 3.92. The van der Waals surface area contributed by atoms with Crippen LogP contribution in [-0.2, 0) is 22.8 Å². The molecule has 0 aromatic carbocycles. The molecule has 1 unspecified atom stereocenters. The summed E-state index contributed by atoms with van der Waals surface area (Å²) in [6.07, 6.45) is 5.58. The van der Waals surface area contributed by atoms with E-state index in [9.17, 15) is 8.42 Å². The van der Waals surface area contributed by atoms with Crippen molar-refractivity contribution in [2.75, 3.05) is 31.9 Å². The fourth-order valence-corrected chi connectivity index (χ4v) is 3.85. The van der Waals surface area contributed by atoms with Crippen molar-refractivity contribution in [3.8, 4) is 0 Å². The summed E-state index contributed by atoms with van der Waals surface area (Å²) in [6.45, 7) is 8.01. The van der Waals surface area contributed by atoms with E-state index in [0.29, 0.717) is 18.3 Å². The minimum absolute atomic E-state index is 0. The molecule has 1 aromatic heterocycles. The van der Waals surface area contributed by atoms with E-state index >= 15 is 0 Å². The maximum Gasteiger partial charge on any atom is 0.191 e. The number of hydrogen-bond donors (Lipinski definition) is 2. The van der Waals surface area contributed by atoms with Crippen molar-refractivity contribution >= 4 is 51.5 Å². The lowest BCUT2D eigenvalue weighted by Gasteiger charge is -2.17. The maximum absolute atomic E-state index is 11.3. The highest BCUT2D eigenvalue weighted by Crippen LogP contribution is 2.16. The normalized spacial score (nSPS) is 13.3. The van der Waals surface area contributed by atoms with Crippen molar-refractivity contribution in [2.24, 2.45) is 10.9 Å². The second-order valence-corrected chi connectivity index (χ2v) is 10.2. The number of sulfone groups is 1. The SMILES string of the molecule is CN=C(NCCCc1nnc(SC)n1CC(C)C)NC(C)CCS(C)(=O)=O.I. The molecule has 2 N–H and O–H groups in total. The van der Waals surface area contributed by atoms with Gasteiger partial charge in [0.2, 0.25) is 0 Å². The number of rotatable bonds is 11. The third kappa shape index (κ3) is 10.8. The highest BCUT2D eigenvalue weighted by Gasteiger charge is 2.13. The second-order valence-electron chi connectivity index (χ2n) is 7.17. The first-order valence-corrected chi connectivity index (χ1v) is 12.6. The molecule has 1 aromatic rings. The van der Waals surface area contributed by atoms with Crippen LogP contribution in [0.2, 0.25) is 0 Å². The summed E-state index contributed by atoms with van der Waals surface area (Å²) in [7, 11) is -1.23. The summed E-state index contributed by atoms with van der Waals surface area (Å²) in [5, 5.41) is 16.1. The lowest BCUT2D eigenvalue weighted by molar-refractivity contribution is 0.477. The van der Waals surface area contributed by atoms with Crippen molar-refractivity contribution in [1.82, 2.24) is 25.4 Å². The molecule has 8 nitrogen and oxygen atoms in total. The first kappa shape index (κ1) is 27.4. The molecule has 0 fully saturated rings. The highest BCUT2D eigenvalue weighted by molar-refractivity contribution is 14.0. The predicted octanol–water partition coefficient (Wildman–Crippen LogP) is 2.19. The molecular weight excluding hydrogens is 511 g/mol. The molecule has 1 atom stereocenters. The van der Waals surface area contributed by atoms with Gasteiger partial charge < -0.3 is 15.2 Å². The Morgan fingerprint density at radius 2 is 1.96 bits per heavy atom. The molecule has 0 aliphatic heterocycles. The summed E-state index contributed by atoms with van der Waals surface area (Å²) in [4.78, 5) is 4.20. The van der Waals surface area contributed by atoms with Gasteiger partial charge in [-0.25, -0.2) is 8.42 Å². The van der Waals surface area contributed by atoms with Gasteiger partial charge >= 0.3 is 0 Å². The Bertz CT molecular complexity index is 707. The van der Waals surface area contributed by atoms with Crippen LogP contribution in [0, 0.1) is 5.92 Å². The lowest BCUT2D eigenvalue weighted by Crippen LogP contribution is -2.43. The van der Waals surface area contributed by atoms with E-state index in [0.717, 1.165) is 36.9 Å². The second kappa shape index (κ2) is 13.6. The topological polar surface area (TPSA) is 101 Å². The van der Waals surface area contributed by atoms with Crippen LogP contribution in [0.25, 0.3) is 0 Å². The van der Waals surface area contributed by atoms with Gasteiger partial charge in [0.05, 0.1) is 5.75 Å². The fraction of sp³-hybridized carbons (Fsp3) is 0.824. The molecule has 0 bridgehead atoms. The highest BCUT2D eigenvalue weighted by atomic mass is 127. The van der Waals surface area contributed by atoms with Crippen molar-refractivity contribution < 1.29 is 8.42 Å². The van der Waals surface area contributed by atoms with Gasteiger partial charge in [-0.2, -0.15) is 0 Å². The van der Waals surface area contributed by atoms with Crippen LogP contribution in [0.4, 0.5) is 0 Å². The summed E-state index contributed by atoms with van der Waals surface area (Å²) in [5.41, 5.74) is 0. The van der Waals surface area contributed by atoms with Crippen LogP contribution < -0.4 is 10.6 Å². The molecule has 0 saturated heterocycles. The molecule has 164 valence electrons. The first-order valence-electron chi connectivity index (χ1n) is 9.27. The van der Waals surface area contributed by atoms with Crippen LogP contribution in [0.15, 0.2) is 10.1 Å². The molecular formula is C17H35IN6O2S2. The summed E-state index contributed by atoms with van der Waals surface area (Å²) in [6, 6.07) is 0.0317. The Hall–Kier alpha value is -0.560.